The predicted molar refractivity (Wildman–Crippen MR) is 166 cm³/mol. The van der Waals surface area contributed by atoms with Gasteiger partial charge in [0.1, 0.15) is 48.9 Å². The number of hydrogen-bond acceptors (Lipinski definition) is 12. The average Bonchev–Trinajstić information content (AvgIpc) is 3.28. The molecule has 256 valence electrons. The van der Waals surface area contributed by atoms with Gasteiger partial charge in [-0.15, -0.1) is 0 Å². The number of benzene rings is 1. The molecule has 0 radical (unpaired) electrons. The first-order valence-corrected chi connectivity index (χ1v) is 14.6. The largest absolute Gasteiger partial charge is 0.459 e. The van der Waals surface area contributed by atoms with Gasteiger partial charge in [0, 0.05) is 12.7 Å². The van der Waals surface area contributed by atoms with Crippen LogP contribution in [0, 0.1) is 0 Å². The summed E-state index contributed by atoms with van der Waals surface area (Å²) in [5, 5.41) is 28.3. The molecule has 2 heterocycles. The van der Waals surface area contributed by atoms with E-state index in [1.165, 1.54) is 12.3 Å². The van der Waals surface area contributed by atoms with Crippen molar-refractivity contribution < 1.29 is 43.6 Å². The van der Waals surface area contributed by atoms with Crippen molar-refractivity contribution in [3.05, 3.63) is 58.6 Å². The third-order valence-electron chi connectivity index (χ3n) is 6.47. The van der Waals surface area contributed by atoms with Crippen molar-refractivity contribution in [3.8, 4) is 0 Å². The number of anilines is 1. The number of rotatable bonds is 13. The highest BCUT2D eigenvalue weighted by Gasteiger charge is 2.44. The Morgan fingerprint density at radius 1 is 1.11 bits per heavy atom. The van der Waals surface area contributed by atoms with Gasteiger partial charge < -0.3 is 51.8 Å². The molecule has 18 heteroatoms. The normalized spacial score (nSPS) is 19.6. The number of amides is 3. The van der Waals surface area contributed by atoms with Crippen LogP contribution in [-0.4, -0.2) is 99.3 Å². The van der Waals surface area contributed by atoms with Crippen LogP contribution in [0.5, 0.6) is 0 Å². The number of carbonyl (C=O) groups is 4. The molecule has 47 heavy (non-hydrogen) atoms. The molecular weight excluding hydrogens is 620 g/mol. The summed E-state index contributed by atoms with van der Waals surface area (Å²) in [6.07, 6.45) is -4.88. The summed E-state index contributed by atoms with van der Waals surface area (Å²) >= 11 is 0. The highest BCUT2D eigenvalue weighted by atomic mass is 16.6. The van der Waals surface area contributed by atoms with Crippen molar-refractivity contribution >= 4 is 35.7 Å². The van der Waals surface area contributed by atoms with Crippen LogP contribution < -0.4 is 33.1 Å². The number of esters is 1. The van der Waals surface area contributed by atoms with Gasteiger partial charge in [-0.1, -0.05) is 18.2 Å². The Kier molecular flexibility index (Phi) is 12.8. The molecule has 1 aromatic heterocycles. The van der Waals surface area contributed by atoms with Gasteiger partial charge in [0.15, 0.2) is 12.2 Å². The van der Waals surface area contributed by atoms with E-state index in [9.17, 15) is 34.2 Å². The summed E-state index contributed by atoms with van der Waals surface area (Å²) < 4.78 is 16.8. The first-order valence-electron chi connectivity index (χ1n) is 14.6. The van der Waals surface area contributed by atoms with Crippen LogP contribution in [0.4, 0.5) is 10.6 Å². The van der Waals surface area contributed by atoms with Crippen LogP contribution in [0.3, 0.4) is 0 Å². The van der Waals surface area contributed by atoms with E-state index in [-0.39, 0.29) is 36.7 Å². The maximum Gasteiger partial charge on any atom is 0.408 e. The Morgan fingerprint density at radius 2 is 1.81 bits per heavy atom. The smallest absolute Gasteiger partial charge is 0.408 e. The third-order valence-corrected chi connectivity index (χ3v) is 6.47. The van der Waals surface area contributed by atoms with Crippen molar-refractivity contribution in [2.75, 3.05) is 25.0 Å². The molecular formula is C29H40N8O10. The fourth-order valence-corrected chi connectivity index (χ4v) is 4.29. The lowest BCUT2D eigenvalue weighted by Crippen LogP contribution is -2.48. The van der Waals surface area contributed by atoms with E-state index in [0.29, 0.717) is 0 Å². The Bertz CT molecular complexity index is 1490. The Morgan fingerprint density at radius 3 is 2.45 bits per heavy atom. The third kappa shape index (κ3) is 11.3. The number of alkyl carbamates (subject to hydrolysis) is 1. The van der Waals surface area contributed by atoms with Crippen molar-refractivity contribution in [3.63, 3.8) is 0 Å². The first-order chi connectivity index (χ1) is 22.1. The zero-order valence-corrected chi connectivity index (χ0v) is 26.1. The van der Waals surface area contributed by atoms with E-state index < -0.39 is 78.9 Å². The SMILES string of the molecule is CC(C)(C)OC(=O)NCC(=O)N[C@@H](CCCN=C(N)N)C(=O)Nc1ccn([C@@H]2O[C@H](COC(=O)c3ccccc3)[C@@H](O)[C@@H]2O)c(=O)n1. The zero-order valence-electron chi connectivity index (χ0n) is 26.1. The number of aromatic nitrogens is 2. The molecule has 2 aromatic rings. The molecule has 1 aliphatic rings. The lowest BCUT2D eigenvalue weighted by atomic mass is 10.1. The van der Waals surface area contributed by atoms with E-state index in [1.54, 1.807) is 51.1 Å². The van der Waals surface area contributed by atoms with E-state index in [2.05, 4.69) is 25.9 Å². The quantitative estimate of drug-likeness (QED) is 0.0572. The highest BCUT2D eigenvalue weighted by Crippen LogP contribution is 2.29. The number of nitrogens with zero attached hydrogens (tertiary/aromatic N) is 3. The second-order valence-corrected chi connectivity index (χ2v) is 11.4. The van der Waals surface area contributed by atoms with E-state index >= 15 is 0 Å². The zero-order chi connectivity index (χ0) is 34.7. The summed E-state index contributed by atoms with van der Waals surface area (Å²) in [4.78, 5) is 70.3. The van der Waals surface area contributed by atoms with E-state index in [4.69, 9.17) is 25.7 Å². The summed E-state index contributed by atoms with van der Waals surface area (Å²) in [6.45, 7) is 4.25. The molecule has 0 saturated carbocycles. The second kappa shape index (κ2) is 16.5. The average molecular weight is 661 g/mol. The summed E-state index contributed by atoms with van der Waals surface area (Å²) in [7, 11) is 0. The number of ether oxygens (including phenoxy) is 3. The van der Waals surface area contributed by atoms with Gasteiger partial charge in [-0.25, -0.2) is 14.4 Å². The molecule has 3 amide bonds. The molecule has 1 fully saturated rings. The molecule has 1 saturated heterocycles. The minimum absolute atomic E-state index is 0.0775. The van der Waals surface area contributed by atoms with Crippen LogP contribution in [0.15, 0.2) is 52.4 Å². The lowest BCUT2D eigenvalue weighted by molar-refractivity contribution is -0.126. The minimum atomic E-state index is -1.57. The van der Waals surface area contributed by atoms with Crippen LogP contribution in [0.2, 0.25) is 0 Å². The highest BCUT2D eigenvalue weighted by molar-refractivity contribution is 5.97. The standard InChI is InChI=1S/C29H40N8O10/c1-29(2,3)47-28(44)33-14-20(38)34-17(10-7-12-32-26(30)31)23(41)35-19-11-13-37(27(43)36-19)24-22(40)21(39)18(46-24)15-45-25(42)16-8-5-4-6-9-16/h4-6,8-9,11,13,17-18,21-22,24,39-40H,7,10,12,14-15H2,1-3H3,(H,33,44)(H,34,38)(H4,30,31,32)(H,35,36,41,43)/t17-,18+,21+,22-,24+/m0/s1. The Hall–Kier alpha value is -5.07. The number of aliphatic hydroxyl groups excluding tert-OH is 2. The number of carbonyl (C=O) groups excluding carboxylic acids is 4. The molecule has 0 spiro atoms. The molecule has 1 aliphatic heterocycles. The lowest BCUT2D eigenvalue weighted by Gasteiger charge is -2.21. The van der Waals surface area contributed by atoms with Crippen molar-refractivity contribution in [1.29, 1.82) is 0 Å². The second-order valence-electron chi connectivity index (χ2n) is 11.4. The van der Waals surface area contributed by atoms with Crippen molar-refractivity contribution in [1.82, 2.24) is 20.2 Å². The summed E-state index contributed by atoms with van der Waals surface area (Å²) in [6, 6.07) is 8.23. The fraction of sp³-hybridized carbons (Fsp3) is 0.483. The Labute approximate surface area is 269 Å². The van der Waals surface area contributed by atoms with Crippen LogP contribution in [0.25, 0.3) is 0 Å². The molecule has 0 aliphatic carbocycles. The Balaban J connectivity index is 1.63. The molecule has 3 rings (SSSR count). The van der Waals surface area contributed by atoms with Crippen molar-refractivity contribution in [2.45, 2.75) is 69.8 Å². The number of guanidine groups is 1. The van der Waals surface area contributed by atoms with E-state index in [0.717, 1.165) is 4.57 Å². The molecule has 18 nitrogen and oxygen atoms in total. The maximum atomic E-state index is 13.1. The molecule has 0 bridgehead atoms. The van der Waals surface area contributed by atoms with Gasteiger partial charge in [-0.05, 0) is 51.8 Å². The van der Waals surface area contributed by atoms with Gasteiger partial charge in [0.05, 0.1) is 5.56 Å². The number of nitrogens with two attached hydrogens (primary N) is 2. The number of aliphatic hydroxyl groups is 2. The number of hydrogen-bond donors (Lipinski definition) is 7. The summed E-state index contributed by atoms with van der Waals surface area (Å²) in [5.74, 6) is -2.44. The molecule has 5 atom stereocenters. The predicted octanol–water partition coefficient (Wildman–Crippen LogP) is -1.28. The topological polar surface area (TPSA) is 272 Å². The van der Waals surface area contributed by atoms with Gasteiger partial charge in [-0.3, -0.25) is 19.1 Å². The minimum Gasteiger partial charge on any atom is -0.459 e. The van der Waals surface area contributed by atoms with Crippen LogP contribution in [-0.2, 0) is 23.8 Å². The van der Waals surface area contributed by atoms with Gasteiger partial charge in [0.25, 0.3) is 0 Å². The van der Waals surface area contributed by atoms with Crippen LogP contribution >= 0.6 is 0 Å². The maximum absolute atomic E-state index is 13.1. The first kappa shape index (κ1) is 36.4. The summed E-state index contributed by atoms with van der Waals surface area (Å²) in [5.41, 5.74) is 9.22. The molecule has 0 unspecified atom stereocenters. The van der Waals surface area contributed by atoms with Crippen LogP contribution in [0.1, 0.15) is 50.2 Å². The van der Waals surface area contributed by atoms with E-state index in [1.807, 2.05) is 0 Å². The number of aliphatic imine (C=N–C) groups is 1. The number of nitrogens with one attached hydrogen (secondary N) is 3. The van der Waals surface area contributed by atoms with Gasteiger partial charge in [-0.2, -0.15) is 4.98 Å². The van der Waals surface area contributed by atoms with Gasteiger partial charge >= 0.3 is 17.8 Å². The molecule has 9 N–H and O–H groups in total. The monoisotopic (exact) mass is 660 g/mol. The van der Waals surface area contributed by atoms with Crippen molar-refractivity contribution in [2.24, 2.45) is 16.5 Å². The van der Waals surface area contributed by atoms with Gasteiger partial charge in [0.2, 0.25) is 11.8 Å². The molecule has 1 aromatic carbocycles. The fourth-order valence-electron chi connectivity index (χ4n) is 4.29.